The van der Waals surface area contributed by atoms with Crippen LogP contribution in [-0.2, 0) is 14.3 Å². The highest BCUT2D eigenvalue weighted by atomic mass is 16.5. The Balaban J connectivity index is 1.92. The summed E-state index contributed by atoms with van der Waals surface area (Å²) in [6, 6.07) is 10.1. The molecular formula is C16H21NO3. The van der Waals surface area contributed by atoms with Gasteiger partial charge < -0.3 is 9.64 Å². The predicted octanol–water partition coefficient (Wildman–Crippen LogP) is 2.20. The van der Waals surface area contributed by atoms with Gasteiger partial charge >= 0.3 is 5.97 Å². The van der Waals surface area contributed by atoms with Gasteiger partial charge in [-0.05, 0) is 31.7 Å². The second-order valence-electron chi connectivity index (χ2n) is 5.02. The number of ether oxygens (including phenoxy) is 1. The van der Waals surface area contributed by atoms with Crippen LogP contribution in [0.4, 0.5) is 0 Å². The van der Waals surface area contributed by atoms with Crippen molar-refractivity contribution in [1.82, 2.24) is 4.90 Å². The summed E-state index contributed by atoms with van der Waals surface area (Å²) in [7, 11) is 0. The van der Waals surface area contributed by atoms with Crippen LogP contribution in [0.2, 0.25) is 0 Å². The Labute approximate surface area is 119 Å². The molecule has 4 heteroatoms. The average molecular weight is 275 g/mol. The highest BCUT2D eigenvalue weighted by Crippen LogP contribution is 2.48. The summed E-state index contributed by atoms with van der Waals surface area (Å²) < 4.78 is 4.90. The molecule has 1 aromatic rings. The van der Waals surface area contributed by atoms with Gasteiger partial charge in [0.25, 0.3) is 0 Å². The molecule has 0 heterocycles. The molecule has 20 heavy (non-hydrogen) atoms. The summed E-state index contributed by atoms with van der Waals surface area (Å²) in [5, 5.41) is 0. The van der Waals surface area contributed by atoms with Gasteiger partial charge in [-0.25, -0.2) is 0 Å². The predicted molar refractivity (Wildman–Crippen MR) is 76.2 cm³/mol. The topological polar surface area (TPSA) is 46.6 Å². The molecule has 0 spiro atoms. The Bertz CT molecular complexity index is 472. The molecule has 1 saturated carbocycles. The van der Waals surface area contributed by atoms with E-state index in [9.17, 15) is 9.59 Å². The van der Waals surface area contributed by atoms with Gasteiger partial charge in [-0.3, -0.25) is 9.59 Å². The molecule has 1 fully saturated rings. The van der Waals surface area contributed by atoms with Gasteiger partial charge in [-0.2, -0.15) is 0 Å². The Hall–Kier alpha value is -1.84. The van der Waals surface area contributed by atoms with Crippen molar-refractivity contribution in [2.75, 3.05) is 19.7 Å². The number of nitrogens with zero attached hydrogens (tertiary/aromatic N) is 1. The van der Waals surface area contributed by atoms with Gasteiger partial charge in [0.05, 0.1) is 6.61 Å². The molecule has 1 aromatic carbocycles. The SMILES string of the molecule is CCOC(=O)CN(CC)C(=O)C1CC1c1ccccc1. The molecule has 0 bridgehead atoms. The lowest BCUT2D eigenvalue weighted by Crippen LogP contribution is -2.37. The molecule has 4 nitrogen and oxygen atoms in total. The summed E-state index contributed by atoms with van der Waals surface area (Å²) >= 11 is 0. The van der Waals surface area contributed by atoms with Crippen molar-refractivity contribution in [1.29, 1.82) is 0 Å². The number of rotatable bonds is 6. The highest BCUT2D eigenvalue weighted by Gasteiger charge is 2.45. The molecule has 1 aliphatic rings. The van der Waals surface area contributed by atoms with Crippen molar-refractivity contribution in [2.24, 2.45) is 5.92 Å². The number of hydrogen-bond acceptors (Lipinski definition) is 3. The zero-order valence-electron chi connectivity index (χ0n) is 12.0. The Kier molecular flexibility index (Phi) is 4.77. The summed E-state index contributed by atoms with van der Waals surface area (Å²) in [5.41, 5.74) is 1.21. The van der Waals surface area contributed by atoms with Crippen molar-refractivity contribution in [3.63, 3.8) is 0 Å². The molecule has 0 aromatic heterocycles. The normalized spacial score (nSPS) is 20.3. The van der Waals surface area contributed by atoms with E-state index in [2.05, 4.69) is 12.1 Å². The van der Waals surface area contributed by atoms with Gasteiger partial charge in [0.15, 0.2) is 0 Å². The standard InChI is InChI=1S/C16H21NO3/c1-3-17(11-15(18)20-4-2)16(19)14-10-13(14)12-8-6-5-7-9-12/h5-9,13-14H,3-4,10-11H2,1-2H3. The van der Waals surface area contributed by atoms with Crippen LogP contribution in [0.3, 0.4) is 0 Å². The minimum atomic E-state index is -0.334. The fourth-order valence-electron chi connectivity index (χ4n) is 2.48. The maximum absolute atomic E-state index is 12.4. The molecular weight excluding hydrogens is 254 g/mol. The molecule has 0 N–H and O–H groups in total. The summed E-state index contributed by atoms with van der Waals surface area (Å²) in [6.07, 6.45) is 0.877. The van der Waals surface area contributed by atoms with Crippen molar-refractivity contribution >= 4 is 11.9 Å². The Morgan fingerprint density at radius 3 is 2.55 bits per heavy atom. The van der Waals surface area contributed by atoms with Crippen LogP contribution in [-0.4, -0.2) is 36.5 Å². The molecule has 2 rings (SSSR count). The summed E-state index contributed by atoms with van der Waals surface area (Å²) in [5.74, 6) is 0.0562. The molecule has 2 unspecified atom stereocenters. The molecule has 1 amide bonds. The van der Waals surface area contributed by atoms with Gasteiger partial charge in [0.2, 0.25) is 5.91 Å². The van der Waals surface area contributed by atoms with E-state index in [0.717, 1.165) is 6.42 Å². The van der Waals surface area contributed by atoms with E-state index in [0.29, 0.717) is 19.1 Å². The van der Waals surface area contributed by atoms with Crippen LogP contribution in [0, 0.1) is 5.92 Å². The summed E-state index contributed by atoms with van der Waals surface area (Å²) in [6.45, 7) is 4.59. The number of hydrogen-bond donors (Lipinski definition) is 0. The van der Waals surface area contributed by atoms with Crippen LogP contribution in [0.1, 0.15) is 31.7 Å². The Morgan fingerprint density at radius 1 is 1.25 bits per heavy atom. The van der Waals surface area contributed by atoms with Crippen LogP contribution < -0.4 is 0 Å². The second-order valence-corrected chi connectivity index (χ2v) is 5.02. The lowest BCUT2D eigenvalue weighted by Gasteiger charge is -2.19. The fourth-order valence-corrected chi connectivity index (χ4v) is 2.48. The third kappa shape index (κ3) is 3.38. The molecule has 1 aliphatic carbocycles. The largest absolute Gasteiger partial charge is 0.465 e. The van der Waals surface area contributed by atoms with E-state index in [1.54, 1.807) is 11.8 Å². The van der Waals surface area contributed by atoms with Crippen molar-refractivity contribution < 1.29 is 14.3 Å². The number of benzene rings is 1. The van der Waals surface area contributed by atoms with Crippen molar-refractivity contribution in [2.45, 2.75) is 26.2 Å². The van der Waals surface area contributed by atoms with E-state index in [4.69, 9.17) is 4.74 Å². The second kappa shape index (κ2) is 6.55. The first-order valence-electron chi connectivity index (χ1n) is 7.16. The third-order valence-electron chi connectivity index (χ3n) is 3.65. The number of amides is 1. The summed E-state index contributed by atoms with van der Waals surface area (Å²) in [4.78, 5) is 25.5. The molecule has 0 aliphatic heterocycles. The molecule has 108 valence electrons. The molecule has 2 atom stereocenters. The molecule has 0 radical (unpaired) electrons. The van der Waals surface area contributed by atoms with Crippen LogP contribution in [0.15, 0.2) is 30.3 Å². The Morgan fingerprint density at radius 2 is 1.95 bits per heavy atom. The first-order valence-corrected chi connectivity index (χ1v) is 7.16. The number of carbonyl (C=O) groups is 2. The van der Waals surface area contributed by atoms with Crippen LogP contribution >= 0.6 is 0 Å². The lowest BCUT2D eigenvalue weighted by atomic mass is 10.1. The van der Waals surface area contributed by atoms with E-state index >= 15 is 0 Å². The van der Waals surface area contributed by atoms with Crippen LogP contribution in [0.25, 0.3) is 0 Å². The zero-order valence-corrected chi connectivity index (χ0v) is 12.0. The minimum absolute atomic E-state index is 0.0202. The maximum Gasteiger partial charge on any atom is 0.325 e. The quantitative estimate of drug-likeness (QED) is 0.748. The maximum atomic E-state index is 12.4. The van der Waals surface area contributed by atoms with Gasteiger partial charge in [-0.1, -0.05) is 30.3 Å². The van der Waals surface area contributed by atoms with Gasteiger partial charge in [-0.15, -0.1) is 0 Å². The molecule has 0 saturated heterocycles. The highest BCUT2D eigenvalue weighted by molar-refractivity contribution is 5.86. The van der Waals surface area contributed by atoms with E-state index in [1.807, 2.05) is 25.1 Å². The first kappa shape index (κ1) is 14.6. The number of carbonyl (C=O) groups excluding carboxylic acids is 2. The van der Waals surface area contributed by atoms with Crippen molar-refractivity contribution in [3.8, 4) is 0 Å². The van der Waals surface area contributed by atoms with E-state index in [1.165, 1.54) is 5.56 Å². The van der Waals surface area contributed by atoms with E-state index in [-0.39, 0.29) is 24.3 Å². The van der Waals surface area contributed by atoms with Gasteiger partial charge in [0.1, 0.15) is 6.54 Å². The monoisotopic (exact) mass is 275 g/mol. The van der Waals surface area contributed by atoms with E-state index < -0.39 is 0 Å². The number of esters is 1. The first-order chi connectivity index (χ1) is 9.67. The lowest BCUT2D eigenvalue weighted by molar-refractivity contribution is -0.149. The fraction of sp³-hybridized carbons (Fsp3) is 0.500. The zero-order chi connectivity index (χ0) is 14.5. The van der Waals surface area contributed by atoms with Gasteiger partial charge in [0, 0.05) is 12.5 Å². The number of likely N-dealkylation sites (N-methyl/N-ethyl adjacent to an activating group) is 1. The van der Waals surface area contributed by atoms with Crippen molar-refractivity contribution in [3.05, 3.63) is 35.9 Å². The third-order valence-corrected chi connectivity index (χ3v) is 3.65. The minimum Gasteiger partial charge on any atom is -0.465 e. The van der Waals surface area contributed by atoms with Crippen LogP contribution in [0.5, 0.6) is 0 Å². The average Bonchev–Trinajstić information content (AvgIpc) is 3.26. The smallest absolute Gasteiger partial charge is 0.325 e.